The van der Waals surface area contributed by atoms with E-state index in [1.54, 1.807) is 0 Å². The number of aryl methyl sites for hydroxylation is 2. The van der Waals surface area contributed by atoms with E-state index >= 15 is 0 Å². The molecular formula is C17H18BrN3. The molecule has 1 heterocycles. The largest absolute Gasteiger partial charge is 0.379 e. The molecule has 4 heteroatoms. The van der Waals surface area contributed by atoms with Crippen LogP contribution in [-0.4, -0.2) is 9.78 Å². The highest BCUT2D eigenvalue weighted by molar-refractivity contribution is 9.10. The maximum Gasteiger partial charge on any atom is 0.0894 e. The zero-order chi connectivity index (χ0) is 14.8. The van der Waals surface area contributed by atoms with Gasteiger partial charge in [0.25, 0.3) is 0 Å². The van der Waals surface area contributed by atoms with Gasteiger partial charge in [0.15, 0.2) is 0 Å². The molecule has 0 aliphatic heterocycles. The topological polar surface area (TPSA) is 29.9 Å². The Hall–Kier alpha value is -1.81. The van der Waals surface area contributed by atoms with Crippen molar-refractivity contribution in [2.24, 2.45) is 7.05 Å². The number of benzene rings is 2. The minimum absolute atomic E-state index is 0.732. The monoisotopic (exact) mass is 343 g/mol. The maximum absolute atomic E-state index is 4.62. The van der Waals surface area contributed by atoms with Gasteiger partial charge in [-0.3, -0.25) is 4.68 Å². The third-order valence-electron chi connectivity index (χ3n) is 3.73. The quantitative estimate of drug-likeness (QED) is 0.755. The van der Waals surface area contributed by atoms with Gasteiger partial charge < -0.3 is 5.32 Å². The second kappa shape index (κ2) is 5.90. The number of anilines is 1. The second-order valence-corrected chi connectivity index (χ2v) is 6.01. The van der Waals surface area contributed by atoms with Crippen molar-refractivity contribution in [3.8, 4) is 0 Å². The molecule has 0 amide bonds. The third kappa shape index (κ3) is 2.81. The molecule has 0 aliphatic rings. The van der Waals surface area contributed by atoms with E-state index in [0.29, 0.717) is 0 Å². The van der Waals surface area contributed by atoms with Gasteiger partial charge in [-0.1, -0.05) is 41.1 Å². The van der Waals surface area contributed by atoms with Crippen LogP contribution in [0.2, 0.25) is 0 Å². The Bertz CT molecular complexity index is 777. The fraction of sp³-hybridized carbons (Fsp3) is 0.235. The first kappa shape index (κ1) is 14.1. The predicted molar refractivity (Wildman–Crippen MR) is 91.6 cm³/mol. The lowest BCUT2D eigenvalue weighted by Gasteiger charge is -2.10. The summed E-state index contributed by atoms with van der Waals surface area (Å²) < 4.78 is 3.06. The molecule has 0 unspecified atom stereocenters. The van der Waals surface area contributed by atoms with Crippen LogP contribution in [0, 0.1) is 0 Å². The average molecular weight is 344 g/mol. The van der Waals surface area contributed by atoms with Crippen LogP contribution in [0.1, 0.15) is 18.2 Å². The van der Waals surface area contributed by atoms with Crippen LogP contribution in [-0.2, 0) is 20.0 Å². The fourth-order valence-corrected chi connectivity index (χ4v) is 3.03. The summed E-state index contributed by atoms with van der Waals surface area (Å²) in [6.07, 6.45) is 1.00. The highest BCUT2D eigenvalue weighted by atomic mass is 79.9. The van der Waals surface area contributed by atoms with Crippen LogP contribution in [0.4, 0.5) is 5.69 Å². The number of para-hydroxylation sites is 1. The van der Waals surface area contributed by atoms with E-state index in [1.165, 1.54) is 22.2 Å². The van der Waals surface area contributed by atoms with E-state index in [4.69, 9.17) is 0 Å². The zero-order valence-electron chi connectivity index (χ0n) is 12.2. The van der Waals surface area contributed by atoms with Crippen LogP contribution >= 0.6 is 15.9 Å². The van der Waals surface area contributed by atoms with E-state index in [-0.39, 0.29) is 0 Å². The molecule has 3 aromatic rings. The number of halogens is 1. The summed E-state index contributed by atoms with van der Waals surface area (Å²) in [6.45, 7) is 2.90. The lowest BCUT2D eigenvalue weighted by atomic mass is 10.1. The number of fused-ring (bicyclic) bond motifs is 1. The molecule has 0 fully saturated rings. The van der Waals surface area contributed by atoms with Gasteiger partial charge in [0.05, 0.1) is 17.8 Å². The number of rotatable bonds is 4. The van der Waals surface area contributed by atoms with Crippen molar-refractivity contribution in [3.05, 3.63) is 58.2 Å². The first-order valence-corrected chi connectivity index (χ1v) is 7.91. The van der Waals surface area contributed by atoms with Crippen molar-refractivity contribution in [1.82, 2.24) is 9.78 Å². The van der Waals surface area contributed by atoms with Gasteiger partial charge in [0.1, 0.15) is 0 Å². The molecule has 0 atom stereocenters. The smallest absolute Gasteiger partial charge is 0.0894 e. The van der Waals surface area contributed by atoms with E-state index in [2.05, 4.69) is 69.7 Å². The second-order valence-electron chi connectivity index (χ2n) is 5.10. The molecule has 0 spiro atoms. The van der Waals surface area contributed by atoms with Crippen LogP contribution in [0.15, 0.2) is 46.9 Å². The first-order valence-electron chi connectivity index (χ1n) is 7.12. The summed E-state index contributed by atoms with van der Waals surface area (Å²) in [6, 6.07) is 14.7. The van der Waals surface area contributed by atoms with Crippen molar-refractivity contribution >= 4 is 32.5 Å². The number of nitrogens with zero attached hydrogens (tertiary/aromatic N) is 2. The van der Waals surface area contributed by atoms with Gasteiger partial charge >= 0.3 is 0 Å². The molecule has 2 aromatic carbocycles. The van der Waals surface area contributed by atoms with Crippen LogP contribution in [0.25, 0.3) is 10.9 Å². The van der Waals surface area contributed by atoms with Crippen LogP contribution in [0.3, 0.4) is 0 Å². The van der Waals surface area contributed by atoms with Crippen molar-refractivity contribution in [2.75, 3.05) is 5.32 Å². The average Bonchev–Trinajstić information content (AvgIpc) is 2.83. The molecule has 21 heavy (non-hydrogen) atoms. The lowest BCUT2D eigenvalue weighted by molar-refractivity contribution is 0.771. The summed E-state index contributed by atoms with van der Waals surface area (Å²) in [5, 5.41) is 9.35. The van der Waals surface area contributed by atoms with Crippen molar-refractivity contribution in [3.63, 3.8) is 0 Å². The Morgan fingerprint density at radius 1 is 1.19 bits per heavy atom. The van der Waals surface area contributed by atoms with E-state index in [0.717, 1.165) is 23.1 Å². The Balaban J connectivity index is 1.87. The first-order chi connectivity index (χ1) is 10.2. The lowest BCUT2D eigenvalue weighted by Crippen LogP contribution is -2.03. The number of aromatic nitrogens is 2. The summed E-state index contributed by atoms with van der Waals surface area (Å²) in [5.74, 6) is 0. The van der Waals surface area contributed by atoms with E-state index < -0.39 is 0 Å². The highest BCUT2D eigenvalue weighted by Crippen LogP contribution is 2.23. The van der Waals surface area contributed by atoms with Crippen molar-refractivity contribution in [2.45, 2.75) is 19.9 Å². The van der Waals surface area contributed by atoms with E-state index in [9.17, 15) is 0 Å². The van der Waals surface area contributed by atoms with Gasteiger partial charge in [0.2, 0.25) is 0 Å². The summed E-state index contributed by atoms with van der Waals surface area (Å²) >= 11 is 3.53. The molecule has 1 aromatic heterocycles. The molecule has 3 rings (SSSR count). The van der Waals surface area contributed by atoms with Gasteiger partial charge in [0, 0.05) is 22.6 Å². The van der Waals surface area contributed by atoms with Gasteiger partial charge in [-0.25, -0.2) is 0 Å². The minimum Gasteiger partial charge on any atom is -0.379 e. The molecule has 0 saturated heterocycles. The number of hydrogen-bond acceptors (Lipinski definition) is 2. The predicted octanol–water partition coefficient (Wildman–Crippen LogP) is 4.51. The summed E-state index contributed by atoms with van der Waals surface area (Å²) in [4.78, 5) is 0. The van der Waals surface area contributed by atoms with Gasteiger partial charge in [-0.2, -0.15) is 5.10 Å². The van der Waals surface area contributed by atoms with E-state index in [1.807, 2.05) is 17.8 Å². The molecule has 0 bridgehead atoms. The Kier molecular flexibility index (Phi) is 3.97. The standard InChI is InChI=1S/C17H18BrN3/c1-3-12-10-13(18)8-9-15(12)19-11-16-14-6-4-5-7-17(14)21(2)20-16/h4-10,19H,3,11H2,1-2H3. The van der Waals surface area contributed by atoms with Crippen molar-refractivity contribution < 1.29 is 0 Å². The van der Waals surface area contributed by atoms with Gasteiger partial charge in [-0.15, -0.1) is 0 Å². The molecule has 3 nitrogen and oxygen atoms in total. The molecule has 1 N–H and O–H groups in total. The molecule has 0 radical (unpaired) electrons. The van der Waals surface area contributed by atoms with Crippen LogP contribution in [0.5, 0.6) is 0 Å². The Labute approximate surface area is 133 Å². The minimum atomic E-state index is 0.732. The molecular weight excluding hydrogens is 326 g/mol. The molecule has 0 saturated carbocycles. The molecule has 108 valence electrons. The van der Waals surface area contributed by atoms with Gasteiger partial charge in [-0.05, 0) is 36.2 Å². The third-order valence-corrected chi connectivity index (χ3v) is 4.22. The Morgan fingerprint density at radius 3 is 2.81 bits per heavy atom. The maximum atomic E-state index is 4.62. The molecule has 0 aliphatic carbocycles. The Morgan fingerprint density at radius 2 is 2.00 bits per heavy atom. The fourth-order valence-electron chi connectivity index (χ4n) is 2.63. The normalized spacial score (nSPS) is 11.0. The summed E-state index contributed by atoms with van der Waals surface area (Å²) in [5.41, 5.74) is 4.74. The SMILES string of the molecule is CCc1cc(Br)ccc1NCc1nn(C)c2ccccc12. The number of hydrogen-bond donors (Lipinski definition) is 1. The zero-order valence-corrected chi connectivity index (χ0v) is 13.8. The summed E-state index contributed by atoms with van der Waals surface area (Å²) in [7, 11) is 1.99. The van der Waals surface area contributed by atoms with Crippen LogP contribution < -0.4 is 5.32 Å². The number of nitrogens with one attached hydrogen (secondary N) is 1. The van der Waals surface area contributed by atoms with Crippen molar-refractivity contribution in [1.29, 1.82) is 0 Å². The highest BCUT2D eigenvalue weighted by Gasteiger charge is 2.08.